The summed E-state index contributed by atoms with van der Waals surface area (Å²) in [5, 5.41) is 9.97. The molecule has 3 rings (SSSR count). The van der Waals surface area contributed by atoms with Gasteiger partial charge < -0.3 is 10.0 Å². The summed E-state index contributed by atoms with van der Waals surface area (Å²) in [7, 11) is 0. The average Bonchev–Trinajstić information content (AvgIpc) is 2.43. The van der Waals surface area contributed by atoms with E-state index in [1.165, 1.54) is 30.4 Å². The summed E-state index contributed by atoms with van der Waals surface area (Å²) in [6.07, 6.45) is 6.06. The molecule has 1 aliphatic heterocycles. The Bertz CT molecular complexity index is 518. The Hall–Kier alpha value is -1.35. The third kappa shape index (κ3) is 2.59. The van der Waals surface area contributed by atoms with E-state index >= 15 is 0 Å². The van der Waals surface area contributed by atoms with Crippen molar-refractivity contribution in [2.45, 2.75) is 51.0 Å². The number of amides is 1. The minimum Gasteiger partial charge on any atom is -0.386 e. The van der Waals surface area contributed by atoms with Crippen molar-refractivity contribution in [1.29, 1.82) is 0 Å². The van der Waals surface area contributed by atoms with Crippen LogP contribution in [-0.2, 0) is 24.1 Å². The smallest absolute Gasteiger partial charge is 0.227 e. The molecule has 108 valence electrons. The molecule has 1 amide bonds. The number of rotatable bonds is 3. The third-order valence-corrected chi connectivity index (χ3v) is 4.75. The first-order chi connectivity index (χ1) is 9.59. The van der Waals surface area contributed by atoms with Crippen LogP contribution in [0.2, 0.25) is 0 Å². The third-order valence-electron chi connectivity index (χ3n) is 4.75. The van der Waals surface area contributed by atoms with E-state index in [0.717, 1.165) is 18.4 Å². The highest BCUT2D eigenvalue weighted by Gasteiger charge is 2.41. The lowest BCUT2D eigenvalue weighted by molar-refractivity contribution is -0.155. The van der Waals surface area contributed by atoms with Crippen molar-refractivity contribution in [3.63, 3.8) is 0 Å². The molecule has 3 nitrogen and oxygen atoms in total. The molecule has 1 heterocycles. The van der Waals surface area contributed by atoms with E-state index in [4.69, 9.17) is 0 Å². The molecule has 1 aliphatic carbocycles. The molecule has 1 N–H and O–H groups in total. The number of carbonyl (C=O) groups is 1. The second-order valence-electron chi connectivity index (χ2n) is 6.31. The van der Waals surface area contributed by atoms with Crippen LogP contribution in [0.25, 0.3) is 0 Å². The Morgan fingerprint density at radius 1 is 1.25 bits per heavy atom. The minimum absolute atomic E-state index is 0.138. The van der Waals surface area contributed by atoms with Gasteiger partial charge in [0.1, 0.15) is 0 Å². The standard InChI is InChI=1S/C17H23NO2/c1-2-17(20)11-18(12-17)16(19)10-13-7-8-14-5-3-4-6-15(14)9-13/h7-9,20H,2-6,10-12H2,1H3. The van der Waals surface area contributed by atoms with Crippen molar-refractivity contribution in [3.05, 3.63) is 34.9 Å². The Morgan fingerprint density at radius 2 is 1.95 bits per heavy atom. The van der Waals surface area contributed by atoms with Gasteiger partial charge >= 0.3 is 0 Å². The first-order valence-corrected chi connectivity index (χ1v) is 7.70. The first-order valence-electron chi connectivity index (χ1n) is 7.70. The number of benzene rings is 1. The Kier molecular flexibility index (Phi) is 3.55. The van der Waals surface area contributed by atoms with E-state index in [9.17, 15) is 9.90 Å². The van der Waals surface area contributed by atoms with Crippen molar-refractivity contribution in [3.8, 4) is 0 Å². The Morgan fingerprint density at radius 3 is 2.65 bits per heavy atom. The number of nitrogens with zero attached hydrogens (tertiary/aromatic N) is 1. The molecular formula is C17H23NO2. The highest BCUT2D eigenvalue weighted by atomic mass is 16.3. The molecule has 0 aromatic heterocycles. The van der Waals surface area contributed by atoms with Crippen LogP contribution in [0.3, 0.4) is 0 Å². The fourth-order valence-corrected chi connectivity index (χ4v) is 3.25. The molecule has 1 aromatic carbocycles. The van der Waals surface area contributed by atoms with Gasteiger partial charge in [-0.25, -0.2) is 0 Å². The predicted octanol–water partition coefficient (Wildman–Crippen LogP) is 2.09. The fraction of sp³-hybridized carbons (Fsp3) is 0.588. The van der Waals surface area contributed by atoms with Gasteiger partial charge in [-0.1, -0.05) is 25.1 Å². The second kappa shape index (κ2) is 5.21. The molecule has 0 saturated carbocycles. The van der Waals surface area contributed by atoms with E-state index < -0.39 is 5.60 Å². The summed E-state index contributed by atoms with van der Waals surface area (Å²) >= 11 is 0. The van der Waals surface area contributed by atoms with E-state index in [1.807, 2.05) is 6.92 Å². The zero-order valence-electron chi connectivity index (χ0n) is 12.2. The van der Waals surface area contributed by atoms with Gasteiger partial charge in [0.05, 0.1) is 25.1 Å². The van der Waals surface area contributed by atoms with E-state index in [1.54, 1.807) is 4.90 Å². The summed E-state index contributed by atoms with van der Waals surface area (Å²) in [6.45, 7) is 2.95. The number of aryl methyl sites for hydroxylation is 2. The molecule has 20 heavy (non-hydrogen) atoms. The van der Waals surface area contributed by atoms with Crippen molar-refractivity contribution in [2.24, 2.45) is 0 Å². The zero-order valence-corrected chi connectivity index (χ0v) is 12.2. The van der Waals surface area contributed by atoms with Gasteiger partial charge in [-0.05, 0) is 48.8 Å². The highest BCUT2D eigenvalue weighted by molar-refractivity contribution is 5.80. The largest absolute Gasteiger partial charge is 0.386 e. The van der Waals surface area contributed by atoms with Crippen LogP contribution in [0.5, 0.6) is 0 Å². The topological polar surface area (TPSA) is 40.5 Å². The minimum atomic E-state index is -0.633. The van der Waals surface area contributed by atoms with Gasteiger partial charge in [-0.15, -0.1) is 0 Å². The summed E-state index contributed by atoms with van der Waals surface area (Å²) in [4.78, 5) is 13.9. The van der Waals surface area contributed by atoms with Crippen molar-refractivity contribution >= 4 is 5.91 Å². The summed E-state index contributed by atoms with van der Waals surface area (Å²) in [5.41, 5.74) is 3.36. The number of aliphatic hydroxyl groups is 1. The van der Waals surface area contributed by atoms with Gasteiger partial charge in [0, 0.05) is 0 Å². The van der Waals surface area contributed by atoms with Crippen LogP contribution in [0, 0.1) is 0 Å². The van der Waals surface area contributed by atoms with Gasteiger partial charge in [0.15, 0.2) is 0 Å². The van der Waals surface area contributed by atoms with Crippen molar-refractivity contribution in [1.82, 2.24) is 4.90 Å². The maximum atomic E-state index is 12.2. The quantitative estimate of drug-likeness (QED) is 0.916. The number of likely N-dealkylation sites (tertiary alicyclic amines) is 1. The zero-order chi connectivity index (χ0) is 14.2. The Labute approximate surface area is 120 Å². The van der Waals surface area contributed by atoms with E-state index in [2.05, 4.69) is 18.2 Å². The monoisotopic (exact) mass is 273 g/mol. The SMILES string of the molecule is CCC1(O)CN(C(=O)Cc2ccc3c(c2)CCCC3)C1. The van der Waals surface area contributed by atoms with Crippen LogP contribution >= 0.6 is 0 Å². The van der Waals surface area contributed by atoms with Crippen LogP contribution < -0.4 is 0 Å². The first kappa shape index (κ1) is 13.6. The second-order valence-corrected chi connectivity index (χ2v) is 6.31. The lowest BCUT2D eigenvalue weighted by Gasteiger charge is -2.46. The molecule has 0 atom stereocenters. The molecule has 2 aliphatic rings. The van der Waals surface area contributed by atoms with Gasteiger partial charge in [-0.3, -0.25) is 4.79 Å². The normalized spacial score (nSPS) is 20.2. The summed E-state index contributed by atoms with van der Waals surface area (Å²) < 4.78 is 0. The lowest BCUT2D eigenvalue weighted by Crippen LogP contribution is -2.63. The molecule has 0 radical (unpaired) electrons. The number of β-amino-alcohol motifs (C(OH)–C–C–N with tert-alkyl or cyclic N) is 1. The number of hydrogen-bond donors (Lipinski definition) is 1. The average molecular weight is 273 g/mol. The van der Waals surface area contributed by atoms with Crippen LogP contribution in [0.1, 0.15) is 42.9 Å². The molecule has 0 spiro atoms. The van der Waals surface area contributed by atoms with Crippen LogP contribution in [0.4, 0.5) is 0 Å². The van der Waals surface area contributed by atoms with Crippen LogP contribution in [0.15, 0.2) is 18.2 Å². The van der Waals surface area contributed by atoms with Gasteiger partial charge in [0.25, 0.3) is 0 Å². The molecule has 1 fully saturated rings. The molecule has 1 aromatic rings. The lowest BCUT2D eigenvalue weighted by atomic mass is 9.89. The van der Waals surface area contributed by atoms with Gasteiger partial charge in [0.2, 0.25) is 5.91 Å². The van der Waals surface area contributed by atoms with Crippen molar-refractivity contribution < 1.29 is 9.90 Å². The molecule has 3 heteroatoms. The Balaban J connectivity index is 1.62. The van der Waals surface area contributed by atoms with E-state index in [-0.39, 0.29) is 5.91 Å². The highest BCUT2D eigenvalue weighted by Crippen LogP contribution is 2.26. The molecular weight excluding hydrogens is 250 g/mol. The maximum Gasteiger partial charge on any atom is 0.227 e. The predicted molar refractivity (Wildman–Crippen MR) is 78.6 cm³/mol. The van der Waals surface area contributed by atoms with E-state index in [0.29, 0.717) is 19.5 Å². The van der Waals surface area contributed by atoms with Crippen LogP contribution in [-0.4, -0.2) is 34.6 Å². The number of carbonyl (C=O) groups excluding carboxylic acids is 1. The maximum absolute atomic E-state index is 12.2. The van der Waals surface area contributed by atoms with Gasteiger partial charge in [-0.2, -0.15) is 0 Å². The molecule has 0 bridgehead atoms. The molecule has 0 unspecified atom stereocenters. The molecule has 1 saturated heterocycles. The number of fused-ring (bicyclic) bond motifs is 1. The number of hydrogen-bond acceptors (Lipinski definition) is 2. The van der Waals surface area contributed by atoms with Crippen molar-refractivity contribution in [2.75, 3.05) is 13.1 Å². The summed E-state index contributed by atoms with van der Waals surface area (Å²) in [6, 6.07) is 6.49. The fourth-order valence-electron chi connectivity index (χ4n) is 3.25. The summed E-state index contributed by atoms with van der Waals surface area (Å²) in [5.74, 6) is 0.138.